The topological polar surface area (TPSA) is 61.3 Å². The first-order chi connectivity index (χ1) is 7.30. The predicted molar refractivity (Wildman–Crippen MR) is 56.4 cm³/mol. The van der Waals surface area contributed by atoms with Gasteiger partial charge in [0.2, 0.25) is 0 Å². The average Bonchev–Trinajstić information content (AvgIpc) is 3.10. The minimum atomic E-state index is 0.270. The van der Waals surface area contributed by atoms with Gasteiger partial charge >= 0.3 is 0 Å². The highest BCUT2D eigenvalue weighted by Crippen LogP contribution is 2.70. The van der Waals surface area contributed by atoms with Crippen molar-refractivity contribution in [1.29, 1.82) is 0 Å². The molecule has 0 N–H and O–H groups in total. The van der Waals surface area contributed by atoms with Crippen molar-refractivity contribution >= 4 is 0 Å². The van der Waals surface area contributed by atoms with Crippen LogP contribution in [0.15, 0.2) is 5.11 Å². The number of ether oxygens (including phenoxy) is 1. The van der Waals surface area contributed by atoms with Gasteiger partial charge in [0.1, 0.15) is 0 Å². The number of epoxide rings is 1. The summed E-state index contributed by atoms with van der Waals surface area (Å²) >= 11 is 0. The largest absolute Gasteiger partial charge is 0.363 e. The zero-order valence-electron chi connectivity index (χ0n) is 8.98. The number of azide groups is 1. The molecule has 0 aromatic rings. The van der Waals surface area contributed by atoms with Gasteiger partial charge in [0.15, 0.2) is 0 Å². The number of fused-ring (bicyclic) bond motifs is 1. The predicted octanol–water partition coefficient (Wildman–Crippen LogP) is 3.18. The molecule has 1 aliphatic heterocycles. The van der Waals surface area contributed by atoms with Gasteiger partial charge in [0.25, 0.3) is 0 Å². The second-order valence-electron chi connectivity index (χ2n) is 5.30. The van der Waals surface area contributed by atoms with Gasteiger partial charge in [0.05, 0.1) is 11.2 Å². The maximum absolute atomic E-state index is 8.24. The smallest absolute Gasteiger partial charge is 0.0982 e. The fourth-order valence-corrected chi connectivity index (χ4v) is 3.40. The van der Waals surface area contributed by atoms with E-state index in [1.165, 1.54) is 38.5 Å². The zero-order valence-corrected chi connectivity index (χ0v) is 8.98. The second-order valence-corrected chi connectivity index (χ2v) is 5.30. The Morgan fingerprint density at radius 3 is 2.87 bits per heavy atom. The zero-order chi connectivity index (χ0) is 10.4. The van der Waals surface area contributed by atoms with Crippen LogP contribution >= 0.6 is 0 Å². The van der Waals surface area contributed by atoms with Crippen LogP contribution in [0.2, 0.25) is 0 Å². The van der Waals surface area contributed by atoms with Crippen molar-refractivity contribution in [3.63, 3.8) is 0 Å². The third-order valence-electron chi connectivity index (χ3n) is 4.40. The normalized spacial score (nSPS) is 40.1. The van der Waals surface area contributed by atoms with Crippen molar-refractivity contribution in [2.24, 2.45) is 11.0 Å². The molecule has 1 saturated heterocycles. The lowest BCUT2D eigenvalue weighted by Gasteiger charge is -2.27. The van der Waals surface area contributed by atoms with Crippen molar-refractivity contribution in [2.45, 2.75) is 56.1 Å². The number of nitrogens with zero attached hydrogens (tertiary/aromatic N) is 3. The molecule has 0 amide bonds. The van der Waals surface area contributed by atoms with E-state index in [9.17, 15) is 0 Å². The molecule has 0 aromatic heterocycles. The molecule has 4 heteroatoms. The van der Waals surface area contributed by atoms with E-state index in [1.54, 1.807) is 0 Å². The highest BCUT2D eigenvalue weighted by atomic mass is 16.6. The van der Waals surface area contributed by atoms with E-state index in [4.69, 9.17) is 10.3 Å². The van der Waals surface area contributed by atoms with E-state index in [2.05, 4.69) is 10.0 Å². The van der Waals surface area contributed by atoms with Crippen LogP contribution in [0.3, 0.4) is 0 Å². The van der Waals surface area contributed by atoms with Gasteiger partial charge < -0.3 is 4.74 Å². The van der Waals surface area contributed by atoms with Gasteiger partial charge in [-0.15, -0.1) is 0 Å². The van der Waals surface area contributed by atoms with Gasteiger partial charge in [-0.3, -0.25) is 0 Å². The van der Waals surface area contributed by atoms with E-state index in [0.717, 1.165) is 12.3 Å². The molecule has 82 valence electrons. The Morgan fingerprint density at radius 1 is 1.33 bits per heavy atom. The summed E-state index contributed by atoms with van der Waals surface area (Å²) < 4.78 is 5.98. The fraction of sp³-hybridized carbons (Fsp3) is 1.00. The van der Waals surface area contributed by atoms with Crippen molar-refractivity contribution in [3.05, 3.63) is 10.4 Å². The second kappa shape index (κ2) is 3.13. The summed E-state index contributed by atoms with van der Waals surface area (Å²) in [6, 6.07) is 0. The van der Waals surface area contributed by atoms with Crippen molar-refractivity contribution < 1.29 is 4.74 Å². The molecule has 15 heavy (non-hydrogen) atoms. The van der Waals surface area contributed by atoms with E-state index < -0.39 is 0 Å². The molecule has 2 aliphatic carbocycles. The fourth-order valence-electron chi connectivity index (χ4n) is 3.40. The summed E-state index contributed by atoms with van der Waals surface area (Å²) in [4.78, 5) is 2.81. The average molecular weight is 207 g/mol. The van der Waals surface area contributed by atoms with Crippen LogP contribution in [-0.4, -0.2) is 17.7 Å². The summed E-state index contributed by atoms with van der Waals surface area (Å²) in [7, 11) is 0. The van der Waals surface area contributed by atoms with Gasteiger partial charge in [-0.1, -0.05) is 18.0 Å². The number of hydrogen-bond acceptors (Lipinski definition) is 2. The van der Waals surface area contributed by atoms with E-state index in [0.29, 0.717) is 12.1 Å². The van der Waals surface area contributed by atoms with E-state index in [-0.39, 0.29) is 5.60 Å². The molecule has 3 rings (SSSR count). The molecule has 2 saturated carbocycles. The van der Waals surface area contributed by atoms with Crippen LogP contribution < -0.4 is 0 Å². The minimum Gasteiger partial charge on any atom is -0.363 e. The highest BCUT2D eigenvalue weighted by molar-refractivity contribution is 5.25. The molecule has 3 fully saturated rings. The maximum Gasteiger partial charge on any atom is 0.0982 e. The SMILES string of the molecule is [N-]=[N+]=NCC[C@@H]1CCC[C@@]2(C1)OC21CC1. The highest BCUT2D eigenvalue weighted by Gasteiger charge is 2.76. The lowest BCUT2D eigenvalue weighted by Crippen LogP contribution is -2.26. The molecule has 4 nitrogen and oxygen atoms in total. The van der Waals surface area contributed by atoms with Crippen molar-refractivity contribution in [3.8, 4) is 0 Å². The Kier molecular flexibility index (Phi) is 1.98. The van der Waals surface area contributed by atoms with Gasteiger partial charge in [-0.2, -0.15) is 0 Å². The Balaban J connectivity index is 1.56. The Bertz CT molecular complexity index is 320. The summed E-state index contributed by atoms with van der Waals surface area (Å²) in [5.74, 6) is 0.726. The summed E-state index contributed by atoms with van der Waals surface area (Å²) in [6.45, 7) is 0.657. The van der Waals surface area contributed by atoms with Crippen LogP contribution in [0, 0.1) is 5.92 Å². The van der Waals surface area contributed by atoms with E-state index >= 15 is 0 Å². The minimum absolute atomic E-state index is 0.270. The molecule has 0 aromatic carbocycles. The molecule has 2 spiro atoms. The standard InChI is InChI=1S/C11H17N3O/c12-14-13-7-3-9-2-1-4-11(8-9)10(15-11)5-6-10/h9H,1-8H2/t9-,11-/m0/s1. The van der Waals surface area contributed by atoms with Gasteiger partial charge in [-0.25, -0.2) is 0 Å². The molecule has 0 bridgehead atoms. The van der Waals surface area contributed by atoms with Crippen LogP contribution in [0.1, 0.15) is 44.9 Å². The molecule has 1 heterocycles. The Hall–Kier alpha value is -0.730. The van der Waals surface area contributed by atoms with Crippen molar-refractivity contribution in [2.75, 3.05) is 6.54 Å². The molecule has 0 unspecified atom stereocenters. The lowest BCUT2D eigenvalue weighted by molar-refractivity contribution is 0.184. The maximum atomic E-state index is 8.24. The van der Waals surface area contributed by atoms with Gasteiger partial charge in [-0.05, 0) is 43.6 Å². The van der Waals surface area contributed by atoms with Crippen LogP contribution in [0.25, 0.3) is 10.4 Å². The quantitative estimate of drug-likeness (QED) is 0.303. The third-order valence-corrected chi connectivity index (χ3v) is 4.40. The number of rotatable bonds is 3. The summed E-state index contributed by atoms with van der Waals surface area (Å²) in [5.41, 5.74) is 8.85. The van der Waals surface area contributed by atoms with E-state index in [1.807, 2.05) is 0 Å². The Morgan fingerprint density at radius 2 is 2.20 bits per heavy atom. The first-order valence-corrected chi connectivity index (χ1v) is 6.01. The monoisotopic (exact) mass is 207 g/mol. The third kappa shape index (κ3) is 1.44. The molecular weight excluding hydrogens is 190 g/mol. The first-order valence-electron chi connectivity index (χ1n) is 6.01. The molecule has 2 atom stereocenters. The van der Waals surface area contributed by atoms with Crippen molar-refractivity contribution in [1.82, 2.24) is 0 Å². The summed E-state index contributed by atoms with van der Waals surface area (Å²) in [5, 5.41) is 3.63. The lowest BCUT2D eigenvalue weighted by atomic mass is 9.77. The van der Waals surface area contributed by atoms with Gasteiger partial charge in [0, 0.05) is 11.5 Å². The van der Waals surface area contributed by atoms with Crippen LogP contribution in [0.5, 0.6) is 0 Å². The molecule has 0 radical (unpaired) electrons. The Labute approximate surface area is 89.6 Å². The first kappa shape index (κ1) is 9.49. The molecular formula is C11H17N3O. The van der Waals surface area contributed by atoms with Crippen LogP contribution in [-0.2, 0) is 4.74 Å². The molecule has 3 aliphatic rings. The number of hydrogen-bond donors (Lipinski definition) is 0. The van der Waals surface area contributed by atoms with Crippen LogP contribution in [0.4, 0.5) is 0 Å². The summed E-state index contributed by atoms with van der Waals surface area (Å²) in [6.07, 6.45) is 8.70.